The molecule has 42 heavy (non-hydrogen) atoms. The zero-order valence-electron chi connectivity index (χ0n) is 22.7. The molecule has 0 aromatic heterocycles. The molecule has 6 aromatic rings. The number of hydrogen-bond acceptors (Lipinski definition) is 6. The predicted octanol–water partition coefficient (Wildman–Crippen LogP) is 4.18. The summed E-state index contributed by atoms with van der Waals surface area (Å²) in [5.41, 5.74) is 3.80. The predicted molar refractivity (Wildman–Crippen MR) is 168 cm³/mol. The summed E-state index contributed by atoms with van der Waals surface area (Å²) in [5, 5.41) is 43.6. The summed E-state index contributed by atoms with van der Waals surface area (Å²) in [6, 6.07) is 38.2. The third-order valence-electron chi connectivity index (χ3n) is 7.46. The van der Waals surface area contributed by atoms with Crippen molar-refractivity contribution in [1.29, 1.82) is 0 Å². The molecule has 0 aliphatic heterocycles. The van der Waals surface area contributed by atoms with E-state index in [9.17, 15) is 20.1 Å². The summed E-state index contributed by atoms with van der Waals surface area (Å²) < 4.78 is 12.9. The van der Waals surface area contributed by atoms with Crippen molar-refractivity contribution < 1.29 is 29.6 Å². The standard InChI is InChI=1S/C34H28B2O6/c37-35(38)29-15-7-3-11-25(29)21-41-31-19-17-23-9-1-5-13-27(23)33(31)34-28-14-6-2-10-24(28)18-20-32(34)42-22-26-12-4-8-16-30(26)36(39)40/h1-20,37-40H,21-22H2. The first-order valence-electron chi connectivity index (χ1n) is 13.7. The lowest BCUT2D eigenvalue weighted by Crippen LogP contribution is -2.33. The fourth-order valence-corrected chi connectivity index (χ4v) is 5.41. The van der Waals surface area contributed by atoms with Gasteiger partial charge in [0.2, 0.25) is 0 Å². The Labute approximate surface area is 244 Å². The second-order valence-electron chi connectivity index (χ2n) is 10.0. The summed E-state index contributed by atoms with van der Waals surface area (Å²) in [6.07, 6.45) is 0. The molecule has 206 valence electrons. The highest BCUT2D eigenvalue weighted by molar-refractivity contribution is 6.59. The molecule has 6 nitrogen and oxygen atoms in total. The van der Waals surface area contributed by atoms with Crippen molar-refractivity contribution in [1.82, 2.24) is 0 Å². The van der Waals surface area contributed by atoms with E-state index in [2.05, 4.69) is 0 Å². The maximum absolute atomic E-state index is 9.89. The van der Waals surface area contributed by atoms with Gasteiger partial charge in [0.05, 0.1) is 0 Å². The van der Waals surface area contributed by atoms with Crippen molar-refractivity contribution in [3.8, 4) is 22.6 Å². The topological polar surface area (TPSA) is 99.4 Å². The van der Waals surface area contributed by atoms with Gasteiger partial charge in [0.25, 0.3) is 0 Å². The first-order chi connectivity index (χ1) is 20.5. The molecule has 0 heterocycles. The molecule has 0 spiro atoms. The van der Waals surface area contributed by atoms with E-state index in [1.165, 1.54) is 0 Å². The Morgan fingerprint density at radius 2 is 0.810 bits per heavy atom. The van der Waals surface area contributed by atoms with Crippen molar-refractivity contribution in [3.63, 3.8) is 0 Å². The molecule has 6 rings (SSSR count). The minimum Gasteiger partial charge on any atom is -0.488 e. The Hall–Kier alpha value is -4.59. The SMILES string of the molecule is OB(O)c1ccccc1COc1ccc2ccccc2c1-c1c(OCc2ccccc2B(O)O)ccc2ccccc12. The van der Waals surface area contributed by atoms with Crippen LogP contribution in [0, 0.1) is 0 Å². The Morgan fingerprint density at radius 1 is 0.429 bits per heavy atom. The zero-order valence-corrected chi connectivity index (χ0v) is 22.7. The number of rotatable bonds is 9. The summed E-state index contributed by atoms with van der Waals surface area (Å²) in [4.78, 5) is 0. The van der Waals surface area contributed by atoms with Gasteiger partial charge < -0.3 is 29.6 Å². The van der Waals surface area contributed by atoms with Gasteiger partial charge in [0.1, 0.15) is 24.7 Å². The van der Waals surface area contributed by atoms with Gasteiger partial charge >= 0.3 is 14.2 Å². The lowest BCUT2D eigenvalue weighted by atomic mass is 9.77. The van der Waals surface area contributed by atoms with E-state index in [0.717, 1.165) is 32.7 Å². The highest BCUT2D eigenvalue weighted by Gasteiger charge is 2.22. The van der Waals surface area contributed by atoms with Crippen molar-refractivity contribution in [3.05, 3.63) is 132 Å². The first kappa shape index (κ1) is 27.6. The van der Waals surface area contributed by atoms with E-state index in [4.69, 9.17) is 9.47 Å². The van der Waals surface area contributed by atoms with Crippen molar-refractivity contribution >= 4 is 46.7 Å². The van der Waals surface area contributed by atoms with Crippen LogP contribution in [-0.2, 0) is 13.2 Å². The van der Waals surface area contributed by atoms with Gasteiger partial charge in [-0.25, -0.2) is 0 Å². The number of benzene rings is 6. The monoisotopic (exact) mass is 554 g/mol. The summed E-state index contributed by atoms with van der Waals surface area (Å²) in [5.74, 6) is 1.23. The van der Waals surface area contributed by atoms with Crippen LogP contribution in [-0.4, -0.2) is 34.3 Å². The van der Waals surface area contributed by atoms with Gasteiger partial charge in [-0.15, -0.1) is 0 Å². The van der Waals surface area contributed by atoms with Crippen LogP contribution in [0.25, 0.3) is 32.7 Å². The second kappa shape index (κ2) is 12.1. The molecular formula is C34H28B2O6. The maximum atomic E-state index is 9.89. The number of fused-ring (bicyclic) bond motifs is 2. The third kappa shape index (κ3) is 5.49. The normalized spacial score (nSPS) is 11.0. The van der Waals surface area contributed by atoms with E-state index in [1.807, 2.05) is 97.1 Å². The smallest absolute Gasteiger partial charge is 0.488 e. The fourth-order valence-electron chi connectivity index (χ4n) is 5.41. The van der Waals surface area contributed by atoms with Crippen LogP contribution in [0.4, 0.5) is 0 Å². The molecule has 0 saturated heterocycles. The van der Waals surface area contributed by atoms with Gasteiger partial charge in [-0.05, 0) is 55.7 Å². The minimum atomic E-state index is -1.61. The van der Waals surface area contributed by atoms with Crippen molar-refractivity contribution in [2.45, 2.75) is 13.2 Å². The van der Waals surface area contributed by atoms with Crippen molar-refractivity contribution in [2.24, 2.45) is 0 Å². The molecule has 8 heteroatoms. The molecule has 0 amide bonds. The minimum absolute atomic E-state index is 0.127. The van der Waals surface area contributed by atoms with Gasteiger partial charge in [-0.1, -0.05) is 109 Å². The molecule has 0 radical (unpaired) electrons. The third-order valence-corrected chi connectivity index (χ3v) is 7.46. The number of hydrogen-bond donors (Lipinski definition) is 4. The fraction of sp³-hybridized carbons (Fsp3) is 0.0588. The lowest BCUT2D eigenvalue weighted by Gasteiger charge is -2.20. The molecule has 0 atom stereocenters. The molecule has 0 fully saturated rings. The quantitative estimate of drug-likeness (QED) is 0.200. The van der Waals surface area contributed by atoms with E-state index in [0.29, 0.717) is 33.6 Å². The van der Waals surface area contributed by atoms with Crippen LogP contribution >= 0.6 is 0 Å². The molecule has 0 aliphatic carbocycles. The van der Waals surface area contributed by atoms with E-state index in [-0.39, 0.29) is 13.2 Å². The van der Waals surface area contributed by atoms with Crippen LogP contribution < -0.4 is 20.4 Å². The molecule has 6 aromatic carbocycles. The van der Waals surface area contributed by atoms with Gasteiger partial charge in [0.15, 0.2) is 0 Å². The Morgan fingerprint density at radius 3 is 1.24 bits per heavy atom. The molecule has 4 N–H and O–H groups in total. The first-order valence-corrected chi connectivity index (χ1v) is 13.7. The average molecular weight is 554 g/mol. The largest absolute Gasteiger partial charge is 0.488 e. The van der Waals surface area contributed by atoms with E-state index >= 15 is 0 Å². The average Bonchev–Trinajstić information content (AvgIpc) is 3.02. The summed E-state index contributed by atoms with van der Waals surface area (Å²) >= 11 is 0. The summed E-state index contributed by atoms with van der Waals surface area (Å²) in [7, 11) is -3.22. The molecule has 0 unspecified atom stereocenters. The Balaban J connectivity index is 1.50. The van der Waals surface area contributed by atoms with E-state index < -0.39 is 14.2 Å². The van der Waals surface area contributed by atoms with Crippen LogP contribution in [0.5, 0.6) is 11.5 Å². The van der Waals surface area contributed by atoms with E-state index in [1.54, 1.807) is 24.3 Å². The maximum Gasteiger partial charge on any atom is 0.488 e. The Kier molecular flexibility index (Phi) is 7.95. The molecule has 0 aliphatic rings. The second-order valence-corrected chi connectivity index (χ2v) is 10.0. The van der Waals surface area contributed by atoms with Crippen LogP contribution in [0.15, 0.2) is 121 Å². The molecular weight excluding hydrogens is 526 g/mol. The number of ether oxygens (including phenoxy) is 2. The lowest BCUT2D eigenvalue weighted by molar-refractivity contribution is 0.303. The van der Waals surface area contributed by atoms with Gasteiger partial charge in [-0.2, -0.15) is 0 Å². The van der Waals surface area contributed by atoms with Crippen LogP contribution in [0.3, 0.4) is 0 Å². The van der Waals surface area contributed by atoms with Crippen LogP contribution in [0.1, 0.15) is 11.1 Å². The van der Waals surface area contributed by atoms with Gasteiger partial charge in [0, 0.05) is 11.1 Å². The van der Waals surface area contributed by atoms with Crippen molar-refractivity contribution in [2.75, 3.05) is 0 Å². The Bertz CT molecular complexity index is 1730. The zero-order chi connectivity index (χ0) is 29.1. The van der Waals surface area contributed by atoms with Gasteiger partial charge in [-0.3, -0.25) is 0 Å². The molecule has 0 bridgehead atoms. The highest BCUT2D eigenvalue weighted by atomic mass is 16.5. The van der Waals surface area contributed by atoms with Crippen LogP contribution in [0.2, 0.25) is 0 Å². The molecule has 0 saturated carbocycles. The summed E-state index contributed by atoms with van der Waals surface area (Å²) in [6.45, 7) is 0.254. The highest BCUT2D eigenvalue weighted by Crippen LogP contribution is 2.45.